The smallest absolute Gasteiger partial charge is 0.248 e. The predicted octanol–water partition coefficient (Wildman–Crippen LogP) is 4.59. The summed E-state index contributed by atoms with van der Waals surface area (Å²) < 4.78 is 44.3. The van der Waals surface area contributed by atoms with Gasteiger partial charge < -0.3 is 35.8 Å². The maximum Gasteiger partial charge on any atom is 0.248 e. The Morgan fingerprint density at radius 2 is 1.78 bits per heavy atom. The minimum atomic E-state index is -0.950. The Labute approximate surface area is 270 Å². The number of carbonyl (C=O) groups is 1. The summed E-state index contributed by atoms with van der Waals surface area (Å²) in [6.45, 7) is 9.67. The number of aliphatic hydroxyl groups excluding tert-OH is 1. The zero-order chi connectivity index (χ0) is 32.8. The van der Waals surface area contributed by atoms with Crippen LogP contribution in [0.4, 0.5) is 18.9 Å². The van der Waals surface area contributed by atoms with Crippen LogP contribution in [-0.4, -0.2) is 77.0 Å². The van der Waals surface area contributed by atoms with Crippen LogP contribution in [-0.2, 0) is 11.3 Å². The highest BCUT2D eigenvalue weighted by Crippen LogP contribution is 2.32. The van der Waals surface area contributed by atoms with Gasteiger partial charge in [0.25, 0.3) is 0 Å². The van der Waals surface area contributed by atoms with Gasteiger partial charge in [-0.05, 0) is 48.6 Å². The second-order valence-electron chi connectivity index (χ2n) is 13.7. The Morgan fingerprint density at radius 3 is 2.48 bits per heavy atom. The van der Waals surface area contributed by atoms with E-state index in [2.05, 4.69) is 31.0 Å². The van der Waals surface area contributed by atoms with Crippen molar-refractivity contribution in [2.24, 2.45) is 11.3 Å². The van der Waals surface area contributed by atoms with E-state index in [0.717, 1.165) is 55.6 Å². The molecule has 0 bridgehead atoms. The molecule has 3 N–H and O–H groups in total. The first kappa shape index (κ1) is 34.1. The molecular weight excluding hydrogens is 593 g/mol. The van der Waals surface area contributed by atoms with Crippen molar-refractivity contribution in [1.29, 1.82) is 0 Å². The fourth-order valence-electron chi connectivity index (χ4n) is 6.50. The largest absolute Gasteiger partial charge is 0.419 e. The van der Waals surface area contributed by atoms with Crippen LogP contribution in [0, 0.1) is 23.0 Å². The van der Waals surface area contributed by atoms with E-state index in [1.807, 2.05) is 41.5 Å². The van der Waals surface area contributed by atoms with Crippen LogP contribution < -0.4 is 10.3 Å². The van der Waals surface area contributed by atoms with Crippen molar-refractivity contribution >= 4 is 11.6 Å². The van der Waals surface area contributed by atoms with Crippen LogP contribution in [0.2, 0.25) is 0 Å². The van der Waals surface area contributed by atoms with Crippen LogP contribution in [0.25, 0.3) is 5.53 Å². The number of quaternary nitrogens is 1. The lowest BCUT2D eigenvalue weighted by Gasteiger charge is -2.41. The van der Waals surface area contributed by atoms with Gasteiger partial charge in [-0.15, -0.1) is 0 Å². The normalized spacial score (nSPS) is 24.3. The van der Waals surface area contributed by atoms with Gasteiger partial charge >= 0.3 is 0 Å². The highest BCUT2D eigenvalue weighted by Gasteiger charge is 2.37. The Kier molecular flexibility index (Phi) is 11.2. The van der Waals surface area contributed by atoms with E-state index in [4.69, 9.17) is 5.53 Å². The standard InChI is InChI=1S/C35H47F3N6O2/c1-35(2,3)34(31-24-44(30-19-27(36)13-14-28(30)37)40-43(31)21-25-11-7-6-8-12-25)39-20-26-22-41(23-29(26)38)17-9-4-5-10-18-42-32(45)15-16-33(42)46/h6-8,11-16,19,24,26,29,32,34,39,44-45H,4-5,9-10,17-18,20-23H2,1-3H3/t26-,29+,32?,34+/m1/s1. The summed E-state index contributed by atoms with van der Waals surface area (Å²) >= 11 is 0. The highest BCUT2D eigenvalue weighted by molar-refractivity contribution is 5.90. The number of nitrogens with one attached hydrogen (secondary N) is 2. The molecular formula is C35H47F3N6O2. The molecule has 3 aliphatic heterocycles. The molecule has 3 aliphatic rings. The molecule has 0 spiro atoms. The molecule has 1 amide bonds. The van der Waals surface area contributed by atoms with Gasteiger partial charge in [0, 0.05) is 50.8 Å². The molecule has 5 rings (SSSR count). The maximum atomic E-state index is 15.3. The summed E-state index contributed by atoms with van der Waals surface area (Å²) in [6, 6.07) is 13.0. The van der Waals surface area contributed by atoms with Gasteiger partial charge in [0.2, 0.25) is 5.91 Å². The quantitative estimate of drug-likeness (QED) is 0.264. The predicted molar refractivity (Wildman–Crippen MR) is 172 cm³/mol. The van der Waals surface area contributed by atoms with E-state index in [9.17, 15) is 18.7 Å². The zero-order valence-electron chi connectivity index (χ0n) is 27.0. The van der Waals surface area contributed by atoms with Gasteiger partial charge in [-0.25, -0.2) is 13.2 Å². The van der Waals surface area contributed by atoms with Crippen molar-refractivity contribution in [2.45, 2.75) is 71.4 Å². The number of likely N-dealkylation sites (tertiary alicyclic amines) is 1. The number of rotatable bonds is 14. The molecule has 46 heavy (non-hydrogen) atoms. The molecule has 0 aromatic heterocycles. The second-order valence-corrected chi connectivity index (χ2v) is 13.7. The third-order valence-electron chi connectivity index (χ3n) is 9.01. The first-order valence-electron chi connectivity index (χ1n) is 16.3. The number of hydrogen-bond donors (Lipinski definition) is 3. The molecule has 0 aliphatic carbocycles. The Hall–Kier alpha value is -3.22. The number of benzene rings is 2. The number of halogens is 3. The van der Waals surface area contributed by atoms with Crippen molar-refractivity contribution in [1.82, 2.24) is 20.1 Å². The number of amides is 1. The lowest BCUT2D eigenvalue weighted by Crippen LogP contribution is -2.97. The molecule has 11 heteroatoms. The van der Waals surface area contributed by atoms with E-state index in [1.165, 1.54) is 23.1 Å². The molecule has 3 heterocycles. The van der Waals surface area contributed by atoms with E-state index in [1.54, 1.807) is 0 Å². The van der Waals surface area contributed by atoms with Crippen LogP contribution >= 0.6 is 0 Å². The van der Waals surface area contributed by atoms with Gasteiger partial charge in [0.1, 0.15) is 24.4 Å². The molecule has 2 aromatic rings. The fourth-order valence-corrected chi connectivity index (χ4v) is 6.50. The molecule has 1 fully saturated rings. The van der Waals surface area contributed by atoms with Crippen LogP contribution in [0.15, 0.2) is 72.6 Å². The van der Waals surface area contributed by atoms with E-state index in [-0.39, 0.29) is 29.0 Å². The van der Waals surface area contributed by atoms with Gasteiger partial charge in [-0.1, -0.05) is 63.9 Å². The van der Waals surface area contributed by atoms with Crippen LogP contribution in [0.5, 0.6) is 0 Å². The van der Waals surface area contributed by atoms with Crippen molar-refractivity contribution < 1.29 is 28.1 Å². The van der Waals surface area contributed by atoms with E-state index >= 15 is 4.39 Å². The summed E-state index contributed by atoms with van der Waals surface area (Å²) in [4.78, 5) is 15.4. The lowest BCUT2D eigenvalue weighted by molar-refractivity contribution is -0.735. The average molecular weight is 641 g/mol. The van der Waals surface area contributed by atoms with Crippen molar-refractivity contribution in [3.8, 4) is 0 Å². The number of nitrogens with zero attached hydrogens (tertiary/aromatic N) is 4. The summed E-state index contributed by atoms with van der Waals surface area (Å²) in [6.07, 6.45) is 6.67. The zero-order valence-corrected chi connectivity index (χ0v) is 27.0. The molecule has 0 saturated carbocycles. The number of carbonyl (C=O) groups excluding carboxylic acids is 1. The first-order valence-corrected chi connectivity index (χ1v) is 16.3. The second kappa shape index (κ2) is 15.1. The summed E-state index contributed by atoms with van der Waals surface area (Å²) in [7, 11) is 0. The summed E-state index contributed by atoms with van der Waals surface area (Å²) in [5.41, 5.74) is 6.43. The lowest BCUT2D eigenvalue weighted by atomic mass is 9.84. The Balaban J connectivity index is 1.18. The Bertz CT molecular complexity index is 1380. The fraction of sp³-hybridized carbons (Fsp3) is 0.514. The summed E-state index contributed by atoms with van der Waals surface area (Å²) in [5, 5.41) is 15.7. The highest BCUT2D eigenvalue weighted by atomic mass is 19.1. The van der Waals surface area contributed by atoms with Crippen LogP contribution in [0.3, 0.4) is 0 Å². The number of unbranched alkanes of at least 4 members (excludes halogenated alkanes) is 3. The van der Waals surface area contributed by atoms with Crippen molar-refractivity contribution in [3.05, 3.63) is 95.3 Å². The molecule has 250 valence electrons. The monoisotopic (exact) mass is 640 g/mol. The molecule has 0 radical (unpaired) electrons. The van der Waals surface area contributed by atoms with Crippen LogP contribution in [0.1, 0.15) is 52.0 Å². The topological polar surface area (TPSA) is 77.6 Å². The minimum Gasteiger partial charge on any atom is -0.419 e. The van der Waals surface area contributed by atoms with Gasteiger partial charge in [0.05, 0.1) is 11.7 Å². The third-order valence-corrected chi connectivity index (χ3v) is 9.01. The number of alkyl halides is 1. The molecule has 1 saturated heterocycles. The minimum absolute atomic E-state index is 0.107. The number of aliphatic hydroxyl groups is 1. The van der Waals surface area contributed by atoms with Gasteiger partial charge in [0.15, 0.2) is 11.5 Å². The van der Waals surface area contributed by atoms with Crippen molar-refractivity contribution in [3.63, 3.8) is 0 Å². The first-order chi connectivity index (χ1) is 22.0. The third kappa shape index (κ3) is 8.57. The molecule has 5 atom stereocenters. The van der Waals surface area contributed by atoms with Crippen molar-refractivity contribution in [2.75, 3.05) is 32.7 Å². The molecule has 2 unspecified atom stereocenters. The van der Waals surface area contributed by atoms with E-state index in [0.29, 0.717) is 37.7 Å². The molecule has 8 nitrogen and oxygen atoms in total. The van der Waals surface area contributed by atoms with Gasteiger partial charge in [-0.2, -0.15) is 0 Å². The maximum absolute atomic E-state index is 15.3. The molecule has 2 aromatic carbocycles. The van der Waals surface area contributed by atoms with Gasteiger partial charge in [-0.3, -0.25) is 4.79 Å². The number of hydrogen-bond acceptors (Lipinski definition) is 5. The SMILES string of the molecule is CC(C)(C)[C@@H](NC[C@@H]1CN(CCCCCCN2C(=O)C=CC2O)C[C@@H]1F)C1=C[NH+](c2cc(F)ccc2F)[N-]N1Cc1ccccc1. The summed E-state index contributed by atoms with van der Waals surface area (Å²) in [5.74, 6) is -1.39. The van der Waals surface area contributed by atoms with E-state index < -0.39 is 24.0 Å². The Morgan fingerprint density at radius 1 is 1.04 bits per heavy atom. The average Bonchev–Trinajstić information content (AvgIpc) is 3.68.